The van der Waals surface area contributed by atoms with Crippen molar-refractivity contribution in [1.82, 2.24) is 4.90 Å². The Morgan fingerprint density at radius 2 is 1.64 bits per heavy atom. The summed E-state index contributed by atoms with van der Waals surface area (Å²) < 4.78 is 16.0. The Kier molecular flexibility index (Phi) is 6.47. The lowest BCUT2D eigenvalue weighted by molar-refractivity contribution is 0.208. The molecule has 2 amide bonds. The molecule has 0 bridgehead atoms. The second kappa shape index (κ2) is 9.21. The second-order valence-corrected chi connectivity index (χ2v) is 6.40. The Morgan fingerprint density at radius 3 is 2.25 bits per heavy atom. The van der Waals surface area contributed by atoms with Gasteiger partial charge in [-0.15, -0.1) is 0 Å². The number of nitrogens with zero attached hydrogens (tertiary/aromatic N) is 2. The van der Waals surface area contributed by atoms with E-state index in [9.17, 15) is 4.79 Å². The van der Waals surface area contributed by atoms with Crippen LogP contribution < -0.4 is 24.4 Å². The van der Waals surface area contributed by atoms with Crippen molar-refractivity contribution in [1.29, 1.82) is 0 Å². The van der Waals surface area contributed by atoms with Crippen LogP contribution in [0.2, 0.25) is 0 Å². The van der Waals surface area contributed by atoms with Crippen molar-refractivity contribution >= 4 is 17.4 Å². The van der Waals surface area contributed by atoms with Gasteiger partial charge in [-0.2, -0.15) is 0 Å². The van der Waals surface area contributed by atoms with Gasteiger partial charge in [0.1, 0.15) is 5.75 Å². The molecule has 1 aliphatic heterocycles. The standard InChI is InChI=1S/C21H27N3O4/c1-4-28-18-8-6-17(7-9-18)23-11-13-24(14-12-23)21(25)22-16-5-10-19(26-2)20(15-16)27-3/h5-10,15H,4,11-14H2,1-3H3,(H,22,25). The fourth-order valence-electron chi connectivity index (χ4n) is 3.20. The van der Waals surface area contributed by atoms with Crippen LogP contribution in [0, 0.1) is 0 Å². The molecule has 2 aromatic carbocycles. The number of carbonyl (C=O) groups excluding carboxylic acids is 1. The molecule has 7 nitrogen and oxygen atoms in total. The zero-order valence-electron chi connectivity index (χ0n) is 16.6. The van der Waals surface area contributed by atoms with E-state index in [1.807, 2.05) is 24.0 Å². The molecule has 0 unspecified atom stereocenters. The number of benzene rings is 2. The van der Waals surface area contributed by atoms with E-state index in [2.05, 4.69) is 22.3 Å². The molecule has 1 aliphatic rings. The lowest BCUT2D eigenvalue weighted by Crippen LogP contribution is -2.50. The molecule has 1 N–H and O–H groups in total. The van der Waals surface area contributed by atoms with Crippen LogP contribution in [0.4, 0.5) is 16.2 Å². The van der Waals surface area contributed by atoms with Gasteiger partial charge in [-0.05, 0) is 43.3 Å². The highest BCUT2D eigenvalue weighted by Gasteiger charge is 2.21. The number of hydrogen-bond acceptors (Lipinski definition) is 5. The van der Waals surface area contributed by atoms with Crippen molar-refractivity contribution in [3.8, 4) is 17.2 Å². The molecule has 150 valence electrons. The van der Waals surface area contributed by atoms with Crippen LogP contribution >= 0.6 is 0 Å². The summed E-state index contributed by atoms with van der Waals surface area (Å²) >= 11 is 0. The van der Waals surface area contributed by atoms with E-state index in [1.165, 1.54) is 0 Å². The summed E-state index contributed by atoms with van der Waals surface area (Å²) in [5.74, 6) is 2.09. The van der Waals surface area contributed by atoms with Gasteiger partial charge < -0.3 is 29.3 Å². The van der Waals surface area contributed by atoms with E-state index in [0.29, 0.717) is 36.9 Å². The van der Waals surface area contributed by atoms with Crippen LogP contribution in [-0.2, 0) is 0 Å². The molecule has 1 heterocycles. The third kappa shape index (κ3) is 4.60. The van der Waals surface area contributed by atoms with Crippen LogP contribution in [0.1, 0.15) is 6.92 Å². The molecule has 2 aromatic rings. The molecule has 0 atom stereocenters. The molecular weight excluding hydrogens is 358 g/mol. The second-order valence-electron chi connectivity index (χ2n) is 6.40. The maximum atomic E-state index is 12.6. The maximum absolute atomic E-state index is 12.6. The molecule has 1 saturated heterocycles. The van der Waals surface area contributed by atoms with Crippen molar-refractivity contribution in [2.24, 2.45) is 0 Å². The summed E-state index contributed by atoms with van der Waals surface area (Å²) in [5.41, 5.74) is 1.82. The van der Waals surface area contributed by atoms with Crippen molar-refractivity contribution in [2.45, 2.75) is 6.92 Å². The van der Waals surface area contributed by atoms with Gasteiger partial charge in [-0.1, -0.05) is 0 Å². The molecule has 0 spiro atoms. The topological polar surface area (TPSA) is 63.3 Å². The van der Waals surface area contributed by atoms with Crippen LogP contribution in [0.3, 0.4) is 0 Å². The average Bonchev–Trinajstić information content (AvgIpc) is 2.74. The number of anilines is 2. The Labute approximate surface area is 165 Å². The molecule has 0 aliphatic carbocycles. The smallest absolute Gasteiger partial charge is 0.321 e. The van der Waals surface area contributed by atoms with Crippen molar-refractivity contribution in [3.63, 3.8) is 0 Å². The van der Waals surface area contributed by atoms with Gasteiger partial charge in [0.25, 0.3) is 0 Å². The summed E-state index contributed by atoms with van der Waals surface area (Å²) in [4.78, 5) is 16.7. The number of methoxy groups -OCH3 is 2. The number of carbonyl (C=O) groups is 1. The highest BCUT2D eigenvalue weighted by Crippen LogP contribution is 2.30. The van der Waals surface area contributed by atoms with Crippen molar-refractivity contribution < 1.29 is 19.0 Å². The fourth-order valence-corrected chi connectivity index (χ4v) is 3.20. The zero-order chi connectivity index (χ0) is 19.9. The number of nitrogens with one attached hydrogen (secondary N) is 1. The van der Waals surface area contributed by atoms with Crippen LogP contribution in [0.5, 0.6) is 17.2 Å². The number of amides is 2. The molecule has 7 heteroatoms. The number of urea groups is 1. The van der Waals surface area contributed by atoms with E-state index in [-0.39, 0.29) is 6.03 Å². The van der Waals surface area contributed by atoms with Crippen LogP contribution in [0.15, 0.2) is 42.5 Å². The molecule has 0 aromatic heterocycles. The van der Waals surface area contributed by atoms with Crippen molar-refractivity contribution in [3.05, 3.63) is 42.5 Å². The average molecular weight is 385 g/mol. The van der Waals surface area contributed by atoms with Gasteiger partial charge in [-0.25, -0.2) is 4.79 Å². The predicted molar refractivity (Wildman–Crippen MR) is 110 cm³/mol. The summed E-state index contributed by atoms with van der Waals surface area (Å²) in [6, 6.07) is 13.3. The highest BCUT2D eigenvalue weighted by atomic mass is 16.5. The minimum atomic E-state index is -0.112. The van der Waals surface area contributed by atoms with Gasteiger partial charge in [0.05, 0.1) is 20.8 Å². The molecule has 28 heavy (non-hydrogen) atoms. The third-order valence-corrected chi connectivity index (χ3v) is 4.71. The quantitative estimate of drug-likeness (QED) is 0.825. The minimum Gasteiger partial charge on any atom is -0.494 e. The largest absolute Gasteiger partial charge is 0.494 e. The minimum absolute atomic E-state index is 0.112. The highest BCUT2D eigenvalue weighted by molar-refractivity contribution is 5.90. The van der Waals surface area contributed by atoms with E-state index in [4.69, 9.17) is 14.2 Å². The number of hydrogen-bond donors (Lipinski definition) is 1. The predicted octanol–water partition coefficient (Wildman–Crippen LogP) is 3.46. The van der Waals surface area contributed by atoms with Crippen molar-refractivity contribution in [2.75, 3.05) is 57.2 Å². The van der Waals surface area contributed by atoms with Gasteiger partial charge in [0.15, 0.2) is 11.5 Å². The van der Waals surface area contributed by atoms with Gasteiger partial charge in [0, 0.05) is 43.6 Å². The first-order valence-corrected chi connectivity index (χ1v) is 9.40. The first kappa shape index (κ1) is 19.7. The summed E-state index contributed by atoms with van der Waals surface area (Å²) in [7, 11) is 3.16. The number of ether oxygens (including phenoxy) is 3. The Balaban J connectivity index is 1.55. The van der Waals surface area contributed by atoms with Gasteiger partial charge in [-0.3, -0.25) is 0 Å². The normalized spacial score (nSPS) is 13.8. The molecule has 3 rings (SSSR count). The molecule has 0 saturated carbocycles. The van der Waals surface area contributed by atoms with E-state index < -0.39 is 0 Å². The number of piperazine rings is 1. The summed E-state index contributed by atoms with van der Waals surface area (Å²) in [6.45, 7) is 5.52. The Hall–Kier alpha value is -3.09. The van der Waals surface area contributed by atoms with E-state index in [0.717, 1.165) is 24.5 Å². The lowest BCUT2D eigenvalue weighted by Gasteiger charge is -2.36. The maximum Gasteiger partial charge on any atom is 0.321 e. The SMILES string of the molecule is CCOc1ccc(N2CCN(C(=O)Nc3ccc(OC)c(OC)c3)CC2)cc1. The molecule has 0 radical (unpaired) electrons. The zero-order valence-corrected chi connectivity index (χ0v) is 16.6. The summed E-state index contributed by atoms with van der Waals surface area (Å²) in [6.07, 6.45) is 0. The lowest BCUT2D eigenvalue weighted by atomic mass is 10.2. The first-order valence-electron chi connectivity index (χ1n) is 9.40. The third-order valence-electron chi connectivity index (χ3n) is 4.71. The first-order chi connectivity index (χ1) is 13.6. The van der Waals surface area contributed by atoms with E-state index >= 15 is 0 Å². The molecular formula is C21H27N3O4. The van der Waals surface area contributed by atoms with Gasteiger partial charge in [0.2, 0.25) is 0 Å². The van der Waals surface area contributed by atoms with Gasteiger partial charge >= 0.3 is 6.03 Å². The van der Waals surface area contributed by atoms with E-state index in [1.54, 1.807) is 32.4 Å². The van der Waals surface area contributed by atoms with Crippen LogP contribution in [-0.4, -0.2) is 57.9 Å². The Morgan fingerprint density at radius 1 is 0.964 bits per heavy atom. The Bertz CT molecular complexity index is 787. The summed E-state index contributed by atoms with van der Waals surface area (Å²) in [5, 5.41) is 2.93. The monoisotopic (exact) mass is 385 g/mol. The fraction of sp³-hybridized carbons (Fsp3) is 0.381. The molecule has 1 fully saturated rings. The van der Waals surface area contributed by atoms with Crippen LogP contribution in [0.25, 0.3) is 0 Å². The number of rotatable bonds is 6.